The quantitative estimate of drug-likeness (QED) is 0.846. The Balaban J connectivity index is 1.78. The van der Waals surface area contributed by atoms with Crippen molar-refractivity contribution in [2.24, 2.45) is 5.92 Å². The highest BCUT2D eigenvalue weighted by molar-refractivity contribution is 6.02. The van der Waals surface area contributed by atoms with Crippen LogP contribution >= 0.6 is 0 Å². The van der Waals surface area contributed by atoms with Crippen molar-refractivity contribution in [3.63, 3.8) is 0 Å². The Kier molecular flexibility index (Phi) is 5.62. The molecule has 1 unspecified atom stereocenters. The van der Waals surface area contributed by atoms with E-state index in [4.69, 9.17) is 9.72 Å². The maximum atomic E-state index is 13.1. The summed E-state index contributed by atoms with van der Waals surface area (Å²) in [5, 5.41) is 3.32. The second-order valence-electron chi connectivity index (χ2n) is 7.98. The van der Waals surface area contributed by atoms with Gasteiger partial charge < -0.3 is 15.0 Å². The Morgan fingerprint density at radius 1 is 1.18 bits per heavy atom. The van der Waals surface area contributed by atoms with Crippen molar-refractivity contribution in [1.82, 2.24) is 10.3 Å². The number of methoxy groups -OCH3 is 1. The van der Waals surface area contributed by atoms with Crippen LogP contribution in [-0.2, 0) is 17.9 Å². The predicted octanol–water partition coefficient (Wildman–Crippen LogP) is 4.19. The molecule has 1 amide bonds. The van der Waals surface area contributed by atoms with E-state index < -0.39 is 0 Å². The van der Waals surface area contributed by atoms with Gasteiger partial charge in [-0.05, 0) is 42.9 Å². The number of pyridine rings is 1. The lowest BCUT2D eigenvalue weighted by molar-refractivity contribution is 0.0890. The second-order valence-corrected chi connectivity index (χ2v) is 7.98. The fourth-order valence-electron chi connectivity index (χ4n) is 4.64. The minimum absolute atomic E-state index is 0.00907. The molecule has 1 aliphatic heterocycles. The number of carbonyl (C=O) groups is 1. The molecule has 148 valence electrons. The minimum atomic E-state index is -0.0190. The summed E-state index contributed by atoms with van der Waals surface area (Å²) >= 11 is 0. The van der Waals surface area contributed by atoms with Crippen LogP contribution in [0.15, 0.2) is 36.4 Å². The topological polar surface area (TPSA) is 54.5 Å². The van der Waals surface area contributed by atoms with E-state index >= 15 is 0 Å². The minimum Gasteiger partial charge on any atom is -0.380 e. The van der Waals surface area contributed by atoms with Crippen molar-refractivity contribution in [3.8, 4) is 0 Å². The van der Waals surface area contributed by atoms with Gasteiger partial charge in [0.1, 0.15) is 12.0 Å². The van der Waals surface area contributed by atoms with Crippen molar-refractivity contribution in [1.29, 1.82) is 0 Å². The fraction of sp³-hybridized carbons (Fsp3) is 0.478. The van der Waals surface area contributed by atoms with Crippen molar-refractivity contribution in [2.75, 3.05) is 12.0 Å². The molecule has 2 heterocycles. The summed E-state index contributed by atoms with van der Waals surface area (Å²) in [4.78, 5) is 20.3. The van der Waals surface area contributed by atoms with Crippen molar-refractivity contribution in [3.05, 3.63) is 58.8 Å². The summed E-state index contributed by atoms with van der Waals surface area (Å²) in [6, 6.07) is 12.4. The van der Waals surface area contributed by atoms with Gasteiger partial charge in [-0.2, -0.15) is 0 Å². The van der Waals surface area contributed by atoms with E-state index in [0.717, 1.165) is 36.5 Å². The van der Waals surface area contributed by atoms with Crippen LogP contribution in [-0.4, -0.2) is 24.2 Å². The van der Waals surface area contributed by atoms with Gasteiger partial charge >= 0.3 is 0 Å². The smallest absolute Gasteiger partial charge is 0.257 e. The second kappa shape index (κ2) is 8.31. The lowest BCUT2D eigenvalue weighted by Gasteiger charge is -2.43. The zero-order valence-corrected chi connectivity index (χ0v) is 16.8. The van der Waals surface area contributed by atoms with Gasteiger partial charge in [-0.3, -0.25) is 4.79 Å². The highest BCUT2D eigenvalue weighted by Gasteiger charge is 2.38. The Morgan fingerprint density at radius 2 is 1.93 bits per heavy atom. The van der Waals surface area contributed by atoms with Crippen molar-refractivity contribution in [2.45, 2.75) is 58.3 Å². The first kappa shape index (κ1) is 18.9. The van der Waals surface area contributed by atoms with Crippen molar-refractivity contribution >= 4 is 11.7 Å². The van der Waals surface area contributed by atoms with Crippen LogP contribution in [0, 0.1) is 12.8 Å². The Morgan fingerprint density at radius 3 is 2.64 bits per heavy atom. The molecule has 1 fully saturated rings. The third kappa shape index (κ3) is 3.76. The first-order chi connectivity index (χ1) is 13.7. The maximum Gasteiger partial charge on any atom is 0.257 e. The lowest BCUT2D eigenvalue weighted by atomic mass is 9.85. The Hall–Kier alpha value is -2.40. The molecule has 0 saturated heterocycles. The number of anilines is 1. The third-order valence-electron chi connectivity index (χ3n) is 5.92. The van der Waals surface area contributed by atoms with E-state index in [9.17, 15) is 4.79 Å². The molecule has 1 N–H and O–H groups in total. The molecule has 28 heavy (non-hydrogen) atoms. The first-order valence-corrected chi connectivity index (χ1v) is 10.3. The number of rotatable bonds is 5. The molecule has 5 heteroatoms. The number of ether oxygens (including phenoxy) is 1. The molecule has 2 aromatic rings. The van der Waals surface area contributed by atoms with E-state index in [1.807, 2.05) is 19.1 Å². The number of hydrogen-bond acceptors (Lipinski definition) is 4. The number of aryl methyl sites for hydroxylation is 1. The van der Waals surface area contributed by atoms with Gasteiger partial charge in [0.05, 0.1) is 12.2 Å². The van der Waals surface area contributed by atoms with Crippen molar-refractivity contribution < 1.29 is 9.53 Å². The largest absolute Gasteiger partial charge is 0.380 e. The Labute approximate surface area is 167 Å². The lowest BCUT2D eigenvalue weighted by Crippen LogP contribution is -2.57. The van der Waals surface area contributed by atoms with Gasteiger partial charge in [-0.15, -0.1) is 0 Å². The third-order valence-corrected chi connectivity index (χ3v) is 5.92. The molecule has 0 spiro atoms. The zero-order chi connectivity index (χ0) is 19.5. The van der Waals surface area contributed by atoms with E-state index in [1.165, 1.54) is 24.8 Å². The summed E-state index contributed by atoms with van der Waals surface area (Å²) in [6.07, 6.45) is 6.07. The molecule has 4 rings (SSSR count). The predicted molar refractivity (Wildman–Crippen MR) is 110 cm³/mol. The van der Waals surface area contributed by atoms with E-state index in [1.54, 1.807) is 7.11 Å². The Bertz CT molecular complexity index is 831. The van der Waals surface area contributed by atoms with Crippen LogP contribution < -0.4 is 10.2 Å². The average Bonchev–Trinajstić information content (AvgIpc) is 2.71. The number of aromatic nitrogens is 1. The van der Waals surface area contributed by atoms with Crippen LogP contribution in [0.2, 0.25) is 0 Å². The molecule has 2 aliphatic rings. The maximum absolute atomic E-state index is 13.1. The summed E-state index contributed by atoms with van der Waals surface area (Å²) in [5.41, 5.74) is 3.71. The summed E-state index contributed by atoms with van der Waals surface area (Å²) in [7, 11) is 1.66. The van der Waals surface area contributed by atoms with Gasteiger partial charge in [0.25, 0.3) is 5.91 Å². The van der Waals surface area contributed by atoms with E-state index in [-0.39, 0.29) is 12.1 Å². The standard InChI is InChI=1S/C23H29N3O2/c1-16-13-19(15-28-2)20-22(24-16)26(14-17-9-5-3-6-10-17)21(25-23(20)27)18-11-7-4-8-12-18/h3,5-6,9-10,13,18,21H,4,7-8,11-12,14-15H2,1-2H3,(H,25,27). The average molecular weight is 380 g/mol. The molecule has 1 saturated carbocycles. The molecule has 5 nitrogen and oxygen atoms in total. The number of nitrogens with zero attached hydrogens (tertiary/aromatic N) is 2. The van der Waals surface area contributed by atoms with Crippen LogP contribution in [0.1, 0.15) is 59.3 Å². The van der Waals surface area contributed by atoms with Gasteiger partial charge in [-0.25, -0.2) is 4.98 Å². The zero-order valence-electron chi connectivity index (χ0n) is 16.8. The molecule has 0 bridgehead atoms. The molecule has 1 aliphatic carbocycles. The monoisotopic (exact) mass is 379 g/mol. The van der Waals surface area contributed by atoms with Gasteiger partial charge in [0.2, 0.25) is 0 Å². The van der Waals surface area contributed by atoms with Gasteiger partial charge in [0.15, 0.2) is 0 Å². The molecule has 0 radical (unpaired) electrons. The van der Waals surface area contributed by atoms with E-state index in [2.05, 4.69) is 34.5 Å². The van der Waals surface area contributed by atoms with Crippen LogP contribution in [0.4, 0.5) is 5.82 Å². The highest BCUT2D eigenvalue weighted by Crippen LogP contribution is 2.36. The van der Waals surface area contributed by atoms with Crippen LogP contribution in [0.25, 0.3) is 0 Å². The van der Waals surface area contributed by atoms with Crippen LogP contribution in [0.3, 0.4) is 0 Å². The number of carbonyl (C=O) groups excluding carboxylic acids is 1. The normalized spacial score (nSPS) is 20.0. The number of nitrogens with one attached hydrogen (secondary N) is 1. The number of benzene rings is 1. The van der Waals surface area contributed by atoms with Gasteiger partial charge in [-0.1, -0.05) is 49.6 Å². The van der Waals surface area contributed by atoms with Crippen LogP contribution in [0.5, 0.6) is 0 Å². The van der Waals surface area contributed by atoms with Gasteiger partial charge in [0, 0.05) is 19.3 Å². The number of fused-ring (bicyclic) bond motifs is 1. The summed E-state index contributed by atoms with van der Waals surface area (Å²) in [6.45, 7) is 3.13. The molecular formula is C23H29N3O2. The number of hydrogen-bond donors (Lipinski definition) is 1. The SMILES string of the molecule is COCc1cc(C)nc2c1C(=O)NC(C1CCCCC1)N2Cc1ccccc1. The fourth-order valence-corrected chi connectivity index (χ4v) is 4.64. The van der Waals surface area contributed by atoms with E-state index in [0.29, 0.717) is 18.1 Å². The molecular weight excluding hydrogens is 350 g/mol. The number of amides is 1. The molecule has 1 aromatic carbocycles. The summed E-state index contributed by atoms with van der Waals surface area (Å²) in [5.74, 6) is 1.24. The molecule has 1 aromatic heterocycles. The highest BCUT2D eigenvalue weighted by atomic mass is 16.5. The first-order valence-electron chi connectivity index (χ1n) is 10.3. The summed E-state index contributed by atoms with van der Waals surface area (Å²) < 4.78 is 5.37. The molecule has 1 atom stereocenters.